The number of hydrogen-bond acceptors (Lipinski definition) is 0. The maximum Gasteiger partial charge on any atom is 0 e. The van der Waals surface area contributed by atoms with E-state index >= 15 is 0 Å². The summed E-state index contributed by atoms with van der Waals surface area (Å²) in [5, 5.41) is 0. The van der Waals surface area contributed by atoms with Crippen molar-refractivity contribution in [3.05, 3.63) is 0 Å². The average Bonchev–Trinajstić information content (AvgIpc) is 0.918. The fraction of sp³-hybridized carbons (Fsp3) is 0. The Bertz CT molecular complexity index is 6.00. The van der Waals surface area contributed by atoms with Gasteiger partial charge in [-0.3, -0.25) is 0 Å². The van der Waals surface area contributed by atoms with E-state index in [4.69, 9.17) is 0 Å². The molecule has 0 aromatic rings. The molecule has 0 saturated carbocycles. The SMILES string of the molecule is [I][V][I].[W]. The molecule has 0 aliphatic carbocycles. The summed E-state index contributed by atoms with van der Waals surface area (Å²) in [6.07, 6.45) is 0. The van der Waals surface area contributed by atoms with Crippen LogP contribution in [0.3, 0.4) is 0 Å². The van der Waals surface area contributed by atoms with Crippen molar-refractivity contribution in [2.75, 3.05) is 0 Å². The van der Waals surface area contributed by atoms with Gasteiger partial charge in [-0.1, -0.05) is 0 Å². The Labute approximate surface area is 69.0 Å². The first-order chi connectivity index (χ1) is 1.41. The molecule has 0 aliphatic heterocycles. The van der Waals surface area contributed by atoms with Crippen molar-refractivity contribution in [3.8, 4) is 0 Å². The Morgan fingerprint density at radius 2 is 1.25 bits per heavy atom. The van der Waals surface area contributed by atoms with Crippen molar-refractivity contribution in [1.29, 1.82) is 0 Å². The first-order valence-electron chi connectivity index (χ1n) is 0.338. The molecular formula is I2VW. The van der Waals surface area contributed by atoms with E-state index in [2.05, 4.69) is 40.0 Å². The van der Waals surface area contributed by atoms with E-state index < -0.39 is 0 Å². The van der Waals surface area contributed by atoms with E-state index in [9.17, 15) is 0 Å². The van der Waals surface area contributed by atoms with Gasteiger partial charge in [0, 0.05) is 21.1 Å². The third-order valence-corrected chi connectivity index (χ3v) is 0. The van der Waals surface area contributed by atoms with Crippen molar-refractivity contribution >= 4 is 40.0 Å². The molecule has 0 spiro atoms. The van der Waals surface area contributed by atoms with E-state index in [0.717, 1.165) is 0 Å². The Hall–Kier alpha value is 2.73. The number of rotatable bonds is 0. The monoisotopic (exact) mass is 489 g/mol. The quantitative estimate of drug-likeness (QED) is 0.456. The third kappa shape index (κ3) is 8.83. The van der Waals surface area contributed by atoms with E-state index in [-0.39, 0.29) is 21.1 Å². The molecule has 0 unspecified atom stereocenters. The van der Waals surface area contributed by atoms with Gasteiger partial charge in [-0.2, -0.15) is 0 Å². The zero-order chi connectivity index (χ0) is 2.71. The molecule has 0 radical (unpaired) electrons. The zero-order valence-electron chi connectivity index (χ0n) is 1.61. The van der Waals surface area contributed by atoms with Crippen molar-refractivity contribution in [2.24, 2.45) is 0 Å². The van der Waals surface area contributed by atoms with Crippen LogP contribution in [-0.4, -0.2) is 0 Å². The van der Waals surface area contributed by atoms with Crippen LogP contribution in [0.5, 0.6) is 0 Å². The predicted molar refractivity (Wildman–Crippen MR) is 28.0 cm³/mol. The predicted octanol–water partition coefficient (Wildman–Crippen LogP) is 1.77. The second-order valence-electron chi connectivity index (χ2n) is 0.0639. The standard InChI is InChI=1S/2HI.V.W/h2*1H;;/q;;+2;/p-2. The minimum atomic E-state index is 0. The summed E-state index contributed by atoms with van der Waals surface area (Å²) in [5.74, 6) is 0. The molecule has 0 saturated heterocycles. The first-order valence-corrected chi connectivity index (χ1v) is 9.35. The Kier molecular flexibility index (Phi) is 22.8. The van der Waals surface area contributed by atoms with E-state index in [0.29, 0.717) is 9.47 Å². The summed E-state index contributed by atoms with van der Waals surface area (Å²) in [6.45, 7) is 0. The van der Waals surface area contributed by atoms with Gasteiger partial charge in [0.15, 0.2) is 0 Å². The topological polar surface area (TPSA) is 0 Å². The van der Waals surface area contributed by atoms with E-state index in [1.165, 1.54) is 0 Å². The van der Waals surface area contributed by atoms with Gasteiger partial charge in [0.2, 0.25) is 0 Å². The molecule has 0 N–H and O–H groups in total. The largest absolute Gasteiger partial charge is 0 e. The number of hydrogen-bond donors (Lipinski definition) is 0. The van der Waals surface area contributed by atoms with Crippen LogP contribution >= 0.6 is 40.0 Å². The van der Waals surface area contributed by atoms with Gasteiger partial charge in [-0.15, -0.1) is 0 Å². The molecule has 0 aromatic heterocycles. The van der Waals surface area contributed by atoms with E-state index in [1.807, 2.05) is 0 Å². The molecule has 0 rings (SSSR count). The Balaban J connectivity index is 0. The summed E-state index contributed by atoms with van der Waals surface area (Å²) >= 11 is 4.74. The molecule has 0 heterocycles. The van der Waals surface area contributed by atoms with Crippen LogP contribution in [0.15, 0.2) is 0 Å². The second kappa shape index (κ2) is 9.22. The van der Waals surface area contributed by atoms with Crippen molar-refractivity contribution < 1.29 is 30.5 Å². The zero-order valence-corrected chi connectivity index (χ0v) is 10.3. The Morgan fingerprint density at radius 1 is 1.25 bits per heavy atom. The maximum absolute atomic E-state index is 2.37. The van der Waals surface area contributed by atoms with Gasteiger partial charge in [-0.25, -0.2) is 0 Å². The molecule has 0 aliphatic rings. The molecule has 4 heavy (non-hydrogen) atoms. The van der Waals surface area contributed by atoms with Gasteiger partial charge in [0.25, 0.3) is 0 Å². The fourth-order valence-electron chi connectivity index (χ4n) is 0. The summed E-state index contributed by atoms with van der Waals surface area (Å²) in [7, 11) is 0.628. The van der Waals surface area contributed by atoms with Crippen LogP contribution in [-0.2, 0) is 30.5 Å². The summed E-state index contributed by atoms with van der Waals surface area (Å²) in [4.78, 5) is 0. The van der Waals surface area contributed by atoms with E-state index in [1.54, 1.807) is 0 Å². The maximum atomic E-state index is 2.37. The summed E-state index contributed by atoms with van der Waals surface area (Å²) in [5.41, 5.74) is 0. The molecule has 0 atom stereocenters. The molecule has 0 fully saturated rings. The van der Waals surface area contributed by atoms with Crippen molar-refractivity contribution in [3.63, 3.8) is 0 Å². The van der Waals surface area contributed by atoms with Gasteiger partial charge in [0.05, 0.1) is 0 Å². The van der Waals surface area contributed by atoms with Crippen LogP contribution < -0.4 is 0 Å². The molecule has 4 heteroatoms. The summed E-state index contributed by atoms with van der Waals surface area (Å²) < 4.78 is 0. The van der Waals surface area contributed by atoms with Crippen molar-refractivity contribution in [2.45, 2.75) is 0 Å². The molecular weight excluding hydrogens is 489 g/mol. The minimum Gasteiger partial charge on any atom is 0 e. The molecule has 0 aromatic carbocycles. The Morgan fingerprint density at radius 3 is 1.25 bits per heavy atom. The fourth-order valence-corrected chi connectivity index (χ4v) is 0. The first kappa shape index (κ1) is 9.88. The second-order valence-corrected chi connectivity index (χ2v) is 11.9. The van der Waals surface area contributed by atoms with Crippen LogP contribution in [0.2, 0.25) is 0 Å². The van der Waals surface area contributed by atoms with Gasteiger partial charge in [-0.05, 0) is 0 Å². The van der Waals surface area contributed by atoms with Crippen molar-refractivity contribution in [1.82, 2.24) is 0 Å². The molecule has 0 bridgehead atoms. The minimum absolute atomic E-state index is 0. The van der Waals surface area contributed by atoms with Crippen LogP contribution in [0, 0.1) is 0 Å². The van der Waals surface area contributed by atoms with Gasteiger partial charge >= 0.3 is 49.4 Å². The smallest absolute Gasteiger partial charge is 0 e. The molecule has 0 amide bonds. The third-order valence-electron chi connectivity index (χ3n) is 0. The average molecular weight is 489 g/mol. The van der Waals surface area contributed by atoms with Gasteiger partial charge < -0.3 is 0 Å². The number of halogens is 2. The van der Waals surface area contributed by atoms with Crippen LogP contribution in [0.1, 0.15) is 0 Å². The molecule has 0 nitrogen and oxygen atoms in total. The van der Waals surface area contributed by atoms with Crippen LogP contribution in [0.25, 0.3) is 0 Å². The normalized spacial score (nSPS) is 3.50. The van der Waals surface area contributed by atoms with Gasteiger partial charge in [0.1, 0.15) is 0 Å². The summed E-state index contributed by atoms with van der Waals surface area (Å²) in [6, 6.07) is 0. The van der Waals surface area contributed by atoms with Crippen LogP contribution in [0.4, 0.5) is 0 Å². The molecule has 25 valence electrons.